The fourth-order valence-electron chi connectivity index (χ4n) is 4.51. The van der Waals surface area contributed by atoms with Gasteiger partial charge in [0.1, 0.15) is 0 Å². The van der Waals surface area contributed by atoms with Gasteiger partial charge in [-0.1, -0.05) is 44.9 Å². The predicted molar refractivity (Wildman–Crippen MR) is 87.2 cm³/mol. The summed E-state index contributed by atoms with van der Waals surface area (Å²) >= 11 is 0. The minimum absolute atomic E-state index is 0.796. The molecular weight excluding hydrogens is 258 g/mol. The van der Waals surface area contributed by atoms with E-state index in [-0.39, 0.29) is 0 Å². The maximum absolute atomic E-state index is 4.11. The van der Waals surface area contributed by atoms with Crippen LogP contribution >= 0.6 is 0 Å². The molecule has 0 amide bonds. The van der Waals surface area contributed by atoms with Crippen molar-refractivity contribution in [3.8, 4) is 0 Å². The van der Waals surface area contributed by atoms with Crippen LogP contribution in [-0.2, 0) is 6.54 Å². The lowest BCUT2D eigenvalue weighted by molar-refractivity contribution is 0.150. The fraction of sp³-hybridized carbons (Fsp3) is 0.833. The summed E-state index contributed by atoms with van der Waals surface area (Å²) in [5.74, 6) is 1.98. The molecular formula is C18H31N3. The molecule has 2 aliphatic rings. The first-order valence-electron chi connectivity index (χ1n) is 9.12. The number of rotatable bonds is 6. The highest BCUT2D eigenvalue weighted by Gasteiger charge is 2.31. The molecule has 0 radical (unpaired) electrons. The summed E-state index contributed by atoms with van der Waals surface area (Å²) in [5, 5.41) is 3.90. The Morgan fingerprint density at radius 2 is 1.81 bits per heavy atom. The van der Waals surface area contributed by atoms with E-state index in [1.165, 1.54) is 64.2 Å². The maximum Gasteiger partial charge on any atom is 0.0945 e. The molecule has 0 aromatic carbocycles. The van der Waals surface area contributed by atoms with Gasteiger partial charge in [0, 0.05) is 25.0 Å². The number of imidazole rings is 1. The van der Waals surface area contributed by atoms with Crippen LogP contribution in [0.3, 0.4) is 0 Å². The van der Waals surface area contributed by atoms with Crippen molar-refractivity contribution in [2.75, 3.05) is 6.54 Å². The zero-order chi connectivity index (χ0) is 14.3. The van der Waals surface area contributed by atoms with Crippen molar-refractivity contribution in [1.29, 1.82) is 0 Å². The molecule has 2 fully saturated rings. The van der Waals surface area contributed by atoms with Crippen molar-refractivity contribution in [3.05, 3.63) is 18.7 Å². The molecule has 0 spiro atoms. The van der Waals surface area contributed by atoms with E-state index >= 15 is 0 Å². The summed E-state index contributed by atoms with van der Waals surface area (Å²) in [6, 6.07) is 0.796. The van der Waals surface area contributed by atoms with E-state index in [4.69, 9.17) is 0 Å². The fourth-order valence-corrected chi connectivity index (χ4v) is 4.51. The molecule has 0 bridgehead atoms. The normalized spacial score (nSPS) is 27.8. The van der Waals surface area contributed by atoms with Crippen LogP contribution in [0.4, 0.5) is 0 Å². The number of nitrogens with zero attached hydrogens (tertiary/aromatic N) is 2. The molecule has 2 unspecified atom stereocenters. The molecule has 0 aliphatic heterocycles. The van der Waals surface area contributed by atoms with E-state index in [1.54, 1.807) is 0 Å². The molecule has 2 saturated carbocycles. The third kappa shape index (κ3) is 4.32. The van der Waals surface area contributed by atoms with Crippen molar-refractivity contribution < 1.29 is 0 Å². The minimum atomic E-state index is 0.796. The molecule has 1 aromatic rings. The van der Waals surface area contributed by atoms with Crippen LogP contribution in [0.25, 0.3) is 0 Å². The Balaban J connectivity index is 1.43. The quantitative estimate of drug-likeness (QED) is 0.802. The average molecular weight is 289 g/mol. The van der Waals surface area contributed by atoms with Crippen LogP contribution in [-0.4, -0.2) is 22.1 Å². The van der Waals surface area contributed by atoms with Crippen LogP contribution in [0.5, 0.6) is 0 Å². The standard InChI is InChI=1S/C18H31N3/c1-2-7-16(8-3-1)17-9-4-5-10-18(17)20-11-6-13-21-14-12-19-15-21/h12,14-18,20H,1-11,13H2. The lowest BCUT2D eigenvalue weighted by Crippen LogP contribution is -2.43. The van der Waals surface area contributed by atoms with E-state index < -0.39 is 0 Å². The average Bonchev–Trinajstić information content (AvgIpc) is 3.06. The second-order valence-corrected chi connectivity index (χ2v) is 7.06. The van der Waals surface area contributed by atoms with Crippen LogP contribution < -0.4 is 5.32 Å². The molecule has 3 rings (SSSR count). The van der Waals surface area contributed by atoms with Crippen LogP contribution in [0.1, 0.15) is 64.2 Å². The first kappa shape index (κ1) is 15.1. The molecule has 2 atom stereocenters. The van der Waals surface area contributed by atoms with Gasteiger partial charge in [-0.3, -0.25) is 0 Å². The number of aryl methyl sites for hydroxylation is 1. The Labute approximate surface area is 129 Å². The largest absolute Gasteiger partial charge is 0.337 e. The molecule has 3 nitrogen and oxygen atoms in total. The van der Waals surface area contributed by atoms with Gasteiger partial charge in [0.15, 0.2) is 0 Å². The van der Waals surface area contributed by atoms with Crippen molar-refractivity contribution in [2.24, 2.45) is 11.8 Å². The Hall–Kier alpha value is -0.830. The first-order chi connectivity index (χ1) is 10.4. The highest BCUT2D eigenvalue weighted by atomic mass is 15.0. The monoisotopic (exact) mass is 289 g/mol. The lowest BCUT2D eigenvalue weighted by Gasteiger charge is -2.39. The van der Waals surface area contributed by atoms with Gasteiger partial charge in [0.05, 0.1) is 6.33 Å². The van der Waals surface area contributed by atoms with Crippen LogP contribution in [0.15, 0.2) is 18.7 Å². The van der Waals surface area contributed by atoms with Crippen molar-refractivity contribution >= 4 is 0 Å². The zero-order valence-electron chi connectivity index (χ0n) is 13.3. The number of hydrogen-bond acceptors (Lipinski definition) is 2. The number of nitrogens with one attached hydrogen (secondary N) is 1. The van der Waals surface area contributed by atoms with Gasteiger partial charge in [-0.25, -0.2) is 4.98 Å². The molecule has 0 saturated heterocycles. The van der Waals surface area contributed by atoms with Gasteiger partial charge in [-0.05, 0) is 37.6 Å². The number of aromatic nitrogens is 2. The third-order valence-corrected chi connectivity index (χ3v) is 5.63. The summed E-state index contributed by atoms with van der Waals surface area (Å²) in [5.41, 5.74) is 0. The zero-order valence-corrected chi connectivity index (χ0v) is 13.3. The highest BCUT2D eigenvalue weighted by Crippen LogP contribution is 2.38. The van der Waals surface area contributed by atoms with Gasteiger partial charge in [0.25, 0.3) is 0 Å². The van der Waals surface area contributed by atoms with Crippen molar-refractivity contribution in [3.63, 3.8) is 0 Å². The van der Waals surface area contributed by atoms with Gasteiger partial charge in [0.2, 0.25) is 0 Å². The Morgan fingerprint density at radius 1 is 1.00 bits per heavy atom. The summed E-state index contributed by atoms with van der Waals surface area (Å²) < 4.78 is 2.18. The van der Waals surface area contributed by atoms with Crippen LogP contribution in [0.2, 0.25) is 0 Å². The Bertz CT molecular complexity index is 381. The molecule has 1 aromatic heterocycles. The molecule has 1 heterocycles. The van der Waals surface area contributed by atoms with E-state index in [0.717, 1.165) is 31.0 Å². The molecule has 21 heavy (non-hydrogen) atoms. The second-order valence-electron chi connectivity index (χ2n) is 7.06. The second kappa shape index (κ2) is 7.98. The Morgan fingerprint density at radius 3 is 2.62 bits per heavy atom. The van der Waals surface area contributed by atoms with Gasteiger partial charge in [-0.2, -0.15) is 0 Å². The molecule has 1 N–H and O–H groups in total. The summed E-state index contributed by atoms with van der Waals surface area (Å²) in [6.45, 7) is 2.25. The van der Waals surface area contributed by atoms with E-state index in [1.807, 2.05) is 12.5 Å². The maximum atomic E-state index is 4.11. The van der Waals surface area contributed by atoms with Crippen molar-refractivity contribution in [2.45, 2.75) is 76.8 Å². The van der Waals surface area contributed by atoms with Gasteiger partial charge >= 0.3 is 0 Å². The lowest BCUT2D eigenvalue weighted by atomic mass is 9.71. The first-order valence-corrected chi connectivity index (χ1v) is 9.12. The van der Waals surface area contributed by atoms with E-state index in [0.29, 0.717) is 0 Å². The summed E-state index contributed by atoms with van der Waals surface area (Å²) in [6.07, 6.45) is 20.3. The Kier molecular flexibility index (Phi) is 5.73. The molecule has 2 aliphatic carbocycles. The van der Waals surface area contributed by atoms with E-state index in [9.17, 15) is 0 Å². The highest BCUT2D eigenvalue weighted by molar-refractivity contribution is 4.87. The van der Waals surface area contributed by atoms with Crippen molar-refractivity contribution in [1.82, 2.24) is 14.9 Å². The SMILES string of the molecule is c1cn(CCCNC2CCCCC2C2CCCCC2)cn1. The van der Waals surface area contributed by atoms with Gasteiger partial charge in [-0.15, -0.1) is 0 Å². The summed E-state index contributed by atoms with van der Waals surface area (Å²) in [7, 11) is 0. The smallest absolute Gasteiger partial charge is 0.0945 e. The molecule has 3 heteroatoms. The number of hydrogen-bond donors (Lipinski definition) is 1. The van der Waals surface area contributed by atoms with Crippen LogP contribution in [0, 0.1) is 11.8 Å². The molecule has 118 valence electrons. The topological polar surface area (TPSA) is 29.9 Å². The van der Waals surface area contributed by atoms with Gasteiger partial charge < -0.3 is 9.88 Å². The van der Waals surface area contributed by atoms with E-state index in [2.05, 4.69) is 21.1 Å². The minimum Gasteiger partial charge on any atom is -0.337 e. The third-order valence-electron chi connectivity index (χ3n) is 5.63. The summed E-state index contributed by atoms with van der Waals surface area (Å²) in [4.78, 5) is 4.11. The predicted octanol–water partition coefficient (Wildman–Crippen LogP) is 4.00.